The molecule has 0 spiro atoms. The van der Waals surface area contributed by atoms with E-state index in [1.165, 1.54) is 15.4 Å². The topological polar surface area (TPSA) is 18.5 Å². The third-order valence-corrected chi connectivity index (χ3v) is 4.96. The first-order chi connectivity index (χ1) is 11.5. The maximum atomic E-state index is 6.04. The second kappa shape index (κ2) is 7.70. The normalized spacial score (nSPS) is 21.6. The van der Waals surface area contributed by atoms with Crippen molar-refractivity contribution in [2.24, 2.45) is 0 Å². The highest BCUT2D eigenvalue weighted by Crippen LogP contribution is 2.30. The minimum Gasteiger partial charge on any atom is -0.368 e. The number of hydrogen-bond donors (Lipinski definition) is 0. The fourth-order valence-corrected chi connectivity index (χ4v) is 3.66. The van der Waals surface area contributed by atoms with Gasteiger partial charge in [0.15, 0.2) is 0 Å². The number of likely N-dealkylation sites (N-methyl/N-ethyl adjacent to an activating group) is 1. The van der Waals surface area contributed by atoms with Gasteiger partial charge in [0.25, 0.3) is 0 Å². The van der Waals surface area contributed by atoms with E-state index in [1.807, 2.05) is 6.07 Å². The summed E-state index contributed by atoms with van der Waals surface area (Å²) in [4.78, 5) is 2.50. The molecule has 0 aliphatic carbocycles. The number of rotatable bonds is 5. The van der Waals surface area contributed by atoms with Crippen LogP contribution < -0.4 is 0 Å². The van der Waals surface area contributed by atoms with Gasteiger partial charge in [-0.15, -0.1) is 0 Å². The van der Waals surface area contributed by atoms with Crippen molar-refractivity contribution in [2.75, 3.05) is 40.9 Å². The maximum Gasteiger partial charge on any atom is 0.130 e. The summed E-state index contributed by atoms with van der Waals surface area (Å²) in [5, 5.41) is 0. The molecule has 1 aliphatic heterocycles. The van der Waals surface area contributed by atoms with Crippen LogP contribution in [0.2, 0.25) is 0 Å². The standard InChI is InChI=1S/C20H26NO2S/c1-21(2,3)13-17-14-23-20(15-22-17)16-9-11-19(12-10-16)24-18-7-5-4-6-8-18/h4-12,17,20H,13-15H2,1-3H3/q+1/t17-,20+/m1/s1. The zero-order valence-electron chi connectivity index (χ0n) is 14.6. The predicted molar refractivity (Wildman–Crippen MR) is 98.3 cm³/mol. The predicted octanol–water partition coefficient (Wildman–Crippen LogP) is 4.00. The van der Waals surface area contributed by atoms with Crippen LogP contribution >= 0.6 is 11.8 Å². The van der Waals surface area contributed by atoms with Gasteiger partial charge in [-0.2, -0.15) is 0 Å². The van der Waals surface area contributed by atoms with E-state index in [0.29, 0.717) is 13.2 Å². The monoisotopic (exact) mass is 344 g/mol. The Balaban J connectivity index is 1.55. The second-order valence-corrected chi connectivity index (χ2v) is 8.38. The average molecular weight is 345 g/mol. The van der Waals surface area contributed by atoms with E-state index >= 15 is 0 Å². The molecule has 2 aromatic carbocycles. The van der Waals surface area contributed by atoms with Gasteiger partial charge in [-0.25, -0.2) is 0 Å². The lowest BCUT2D eigenvalue weighted by Crippen LogP contribution is -2.46. The molecule has 0 bridgehead atoms. The Morgan fingerprint density at radius 2 is 1.54 bits per heavy atom. The number of benzene rings is 2. The second-order valence-electron chi connectivity index (χ2n) is 7.23. The van der Waals surface area contributed by atoms with Crippen LogP contribution in [0.3, 0.4) is 0 Å². The molecule has 1 heterocycles. The molecule has 0 amide bonds. The molecule has 4 heteroatoms. The maximum absolute atomic E-state index is 6.04. The number of hydrogen-bond acceptors (Lipinski definition) is 3. The van der Waals surface area contributed by atoms with E-state index in [0.717, 1.165) is 11.0 Å². The van der Waals surface area contributed by atoms with Gasteiger partial charge in [-0.3, -0.25) is 0 Å². The fourth-order valence-electron chi connectivity index (χ4n) is 2.83. The first-order valence-corrected chi connectivity index (χ1v) is 9.18. The number of ether oxygens (including phenoxy) is 2. The summed E-state index contributed by atoms with van der Waals surface area (Å²) in [7, 11) is 6.54. The Labute approximate surface area is 149 Å². The minimum absolute atomic E-state index is 0.0458. The molecule has 0 N–H and O–H groups in total. The highest BCUT2D eigenvalue weighted by atomic mass is 32.2. The third-order valence-electron chi connectivity index (χ3n) is 3.95. The molecule has 1 saturated heterocycles. The van der Waals surface area contributed by atoms with Crippen molar-refractivity contribution in [3.8, 4) is 0 Å². The zero-order valence-corrected chi connectivity index (χ0v) is 15.5. The quantitative estimate of drug-likeness (QED) is 0.764. The first kappa shape index (κ1) is 17.5. The van der Waals surface area contributed by atoms with E-state index in [1.54, 1.807) is 11.8 Å². The van der Waals surface area contributed by atoms with E-state index < -0.39 is 0 Å². The molecule has 2 aromatic rings. The minimum atomic E-state index is 0.0458. The molecule has 0 unspecified atom stereocenters. The summed E-state index contributed by atoms with van der Waals surface area (Å²) in [5.74, 6) is 0. The van der Waals surface area contributed by atoms with Crippen molar-refractivity contribution in [1.29, 1.82) is 0 Å². The number of nitrogens with zero attached hydrogens (tertiary/aromatic N) is 1. The summed E-state index contributed by atoms with van der Waals surface area (Å²) in [5.41, 5.74) is 1.19. The Kier molecular flexibility index (Phi) is 5.61. The van der Waals surface area contributed by atoms with Gasteiger partial charge in [0.2, 0.25) is 0 Å². The number of quaternary nitrogens is 1. The lowest BCUT2D eigenvalue weighted by molar-refractivity contribution is -0.874. The van der Waals surface area contributed by atoms with Gasteiger partial charge < -0.3 is 14.0 Å². The summed E-state index contributed by atoms with van der Waals surface area (Å²) < 4.78 is 12.9. The SMILES string of the molecule is C[N+](C)(C)C[C@@H]1CO[C@H](c2ccc(Sc3ccccc3)cc2)CO1. The smallest absolute Gasteiger partial charge is 0.130 e. The molecule has 1 aliphatic rings. The lowest BCUT2D eigenvalue weighted by Gasteiger charge is -2.34. The van der Waals surface area contributed by atoms with E-state index in [-0.39, 0.29) is 12.2 Å². The van der Waals surface area contributed by atoms with E-state index in [4.69, 9.17) is 9.47 Å². The van der Waals surface area contributed by atoms with Gasteiger partial charge in [-0.05, 0) is 29.8 Å². The van der Waals surface area contributed by atoms with E-state index in [9.17, 15) is 0 Å². The van der Waals surface area contributed by atoms with Crippen LogP contribution in [0.1, 0.15) is 11.7 Å². The van der Waals surface area contributed by atoms with Crippen LogP contribution in [0, 0.1) is 0 Å². The highest BCUT2D eigenvalue weighted by Gasteiger charge is 2.27. The Hall–Kier alpha value is -1.33. The first-order valence-electron chi connectivity index (χ1n) is 8.36. The zero-order chi connectivity index (χ0) is 17.0. The van der Waals surface area contributed by atoms with Crippen molar-refractivity contribution in [2.45, 2.75) is 22.0 Å². The van der Waals surface area contributed by atoms with Gasteiger partial charge in [-0.1, -0.05) is 42.1 Å². The molecular formula is C20H26NO2S+. The summed E-state index contributed by atoms with van der Waals surface area (Å²) >= 11 is 1.78. The van der Waals surface area contributed by atoms with Crippen LogP contribution in [-0.4, -0.2) is 51.5 Å². The van der Waals surface area contributed by atoms with E-state index in [2.05, 4.69) is 69.7 Å². The van der Waals surface area contributed by atoms with Crippen molar-refractivity contribution in [1.82, 2.24) is 0 Å². The van der Waals surface area contributed by atoms with Crippen molar-refractivity contribution in [3.63, 3.8) is 0 Å². The Morgan fingerprint density at radius 3 is 2.12 bits per heavy atom. The molecule has 3 rings (SSSR count). The summed E-state index contributed by atoms with van der Waals surface area (Å²) in [6, 6.07) is 19.1. The molecule has 128 valence electrons. The molecular weight excluding hydrogens is 318 g/mol. The molecule has 0 radical (unpaired) electrons. The van der Waals surface area contributed by atoms with Crippen molar-refractivity contribution >= 4 is 11.8 Å². The largest absolute Gasteiger partial charge is 0.368 e. The molecule has 3 nitrogen and oxygen atoms in total. The van der Waals surface area contributed by atoms with Gasteiger partial charge in [0.05, 0.1) is 34.4 Å². The average Bonchev–Trinajstić information content (AvgIpc) is 2.56. The van der Waals surface area contributed by atoms with Crippen LogP contribution in [-0.2, 0) is 9.47 Å². The Bertz CT molecular complexity index is 629. The fraction of sp³-hybridized carbons (Fsp3) is 0.400. The van der Waals surface area contributed by atoms with Crippen LogP contribution in [0.25, 0.3) is 0 Å². The molecule has 2 atom stereocenters. The Morgan fingerprint density at radius 1 is 0.875 bits per heavy atom. The van der Waals surface area contributed by atoms with Gasteiger partial charge >= 0.3 is 0 Å². The molecule has 0 aromatic heterocycles. The molecule has 0 saturated carbocycles. The summed E-state index contributed by atoms with van der Waals surface area (Å²) in [6.45, 7) is 2.27. The van der Waals surface area contributed by atoms with Crippen molar-refractivity contribution < 1.29 is 14.0 Å². The van der Waals surface area contributed by atoms with Gasteiger partial charge in [0, 0.05) is 9.79 Å². The summed E-state index contributed by atoms with van der Waals surface area (Å²) in [6.07, 6.45) is 0.235. The van der Waals surface area contributed by atoms with Crippen LogP contribution in [0.4, 0.5) is 0 Å². The van der Waals surface area contributed by atoms with Crippen molar-refractivity contribution in [3.05, 3.63) is 60.2 Å². The van der Waals surface area contributed by atoms with Crippen LogP contribution in [0.5, 0.6) is 0 Å². The lowest BCUT2D eigenvalue weighted by atomic mass is 10.1. The highest BCUT2D eigenvalue weighted by molar-refractivity contribution is 7.99. The van der Waals surface area contributed by atoms with Gasteiger partial charge in [0.1, 0.15) is 18.8 Å². The van der Waals surface area contributed by atoms with Crippen LogP contribution in [0.15, 0.2) is 64.4 Å². The third kappa shape index (κ3) is 5.08. The molecule has 1 fully saturated rings. The molecule has 24 heavy (non-hydrogen) atoms.